The van der Waals surface area contributed by atoms with Crippen LogP contribution in [-0.4, -0.2) is 43.2 Å². The van der Waals surface area contributed by atoms with Crippen molar-refractivity contribution < 1.29 is 18.3 Å². The molecule has 3 aliphatic rings. The molecule has 22 heavy (non-hydrogen) atoms. The highest BCUT2D eigenvalue weighted by atomic mass is 19.3. The van der Waals surface area contributed by atoms with Crippen molar-refractivity contribution in [3.63, 3.8) is 0 Å². The number of nitrogens with one attached hydrogen (secondary N) is 2. The van der Waals surface area contributed by atoms with Gasteiger partial charge in [-0.05, 0) is 26.2 Å². The van der Waals surface area contributed by atoms with Gasteiger partial charge in [0.15, 0.2) is 0 Å². The number of hydrogen-bond acceptors (Lipinski definition) is 3. The zero-order chi connectivity index (χ0) is 15.8. The number of alkyl halides is 2. The molecule has 3 rings (SSSR count). The van der Waals surface area contributed by atoms with E-state index in [2.05, 4.69) is 10.6 Å². The molecule has 6 heteroatoms. The van der Waals surface area contributed by atoms with Crippen molar-refractivity contribution in [1.82, 2.24) is 10.6 Å². The first-order valence-corrected chi connectivity index (χ1v) is 8.50. The Kier molecular flexibility index (Phi) is 4.42. The Morgan fingerprint density at radius 2 is 2.05 bits per heavy atom. The molecule has 3 fully saturated rings. The third kappa shape index (κ3) is 2.87. The molecule has 1 aliphatic heterocycles. The zero-order valence-electron chi connectivity index (χ0n) is 13.2. The number of halogens is 2. The molecule has 1 saturated heterocycles. The topological polar surface area (TPSA) is 50.4 Å². The average Bonchev–Trinajstić information content (AvgIpc) is 2.87. The van der Waals surface area contributed by atoms with E-state index in [9.17, 15) is 13.6 Å². The van der Waals surface area contributed by atoms with Gasteiger partial charge in [0.2, 0.25) is 5.91 Å². The predicted octanol–water partition coefficient (Wildman–Crippen LogP) is 2.23. The molecule has 4 nitrogen and oxygen atoms in total. The summed E-state index contributed by atoms with van der Waals surface area (Å²) in [6.07, 6.45) is 6.31. The van der Waals surface area contributed by atoms with Crippen LogP contribution in [0.15, 0.2) is 0 Å². The smallest absolute Gasteiger partial charge is 0.262 e. The lowest BCUT2D eigenvalue weighted by atomic mass is 9.55. The highest BCUT2D eigenvalue weighted by Gasteiger charge is 2.56. The van der Waals surface area contributed by atoms with Gasteiger partial charge in [-0.2, -0.15) is 0 Å². The summed E-state index contributed by atoms with van der Waals surface area (Å²) in [7, 11) is 0. The van der Waals surface area contributed by atoms with Gasteiger partial charge in [-0.1, -0.05) is 19.3 Å². The van der Waals surface area contributed by atoms with Crippen molar-refractivity contribution in [2.45, 2.75) is 76.0 Å². The Morgan fingerprint density at radius 1 is 1.32 bits per heavy atom. The standard InChI is InChI=1S/C16H26F2N2O2/c1-2-22-13-8-12(15(13)6-4-3-5-7-15)20-14(21)11-9-16(17,18)10-19-11/h11-13,19H,2-10H2,1H3,(H,20,21). The van der Waals surface area contributed by atoms with Gasteiger partial charge in [0.05, 0.1) is 18.7 Å². The lowest BCUT2D eigenvalue weighted by Crippen LogP contribution is -2.66. The highest BCUT2D eigenvalue weighted by Crippen LogP contribution is 2.53. The van der Waals surface area contributed by atoms with Crippen molar-refractivity contribution in [3.05, 3.63) is 0 Å². The molecule has 0 aromatic rings. The van der Waals surface area contributed by atoms with Crippen LogP contribution in [0, 0.1) is 5.41 Å². The van der Waals surface area contributed by atoms with E-state index in [0.717, 1.165) is 32.1 Å². The van der Waals surface area contributed by atoms with Gasteiger partial charge in [-0.3, -0.25) is 10.1 Å². The molecule has 0 bridgehead atoms. The van der Waals surface area contributed by atoms with E-state index in [1.54, 1.807) is 0 Å². The van der Waals surface area contributed by atoms with Gasteiger partial charge in [0.1, 0.15) is 0 Å². The van der Waals surface area contributed by atoms with Crippen LogP contribution in [0.1, 0.15) is 51.9 Å². The number of carbonyl (C=O) groups excluding carboxylic acids is 1. The summed E-state index contributed by atoms with van der Waals surface area (Å²) in [5.41, 5.74) is 0.0328. The molecule has 3 unspecified atom stereocenters. The number of ether oxygens (including phenoxy) is 1. The van der Waals surface area contributed by atoms with Gasteiger partial charge in [0, 0.05) is 24.5 Å². The molecule has 3 atom stereocenters. The van der Waals surface area contributed by atoms with Gasteiger partial charge in [0.25, 0.3) is 5.92 Å². The second-order valence-electron chi connectivity index (χ2n) is 7.03. The number of carbonyl (C=O) groups is 1. The maximum absolute atomic E-state index is 13.2. The lowest BCUT2D eigenvalue weighted by molar-refractivity contribution is -0.157. The maximum atomic E-state index is 13.2. The van der Waals surface area contributed by atoms with Gasteiger partial charge in [-0.15, -0.1) is 0 Å². The van der Waals surface area contributed by atoms with Gasteiger partial charge >= 0.3 is 0 Å². The molecule has 0 aromatic heterocycles. The SMILES string of the molecule is CCOC1CC(NC(=O)C2CC(F)(F)CN2)C12CCCCC2. The van der Waals surface area contributed by atoms with E-state index in [4.69, 9.17) is 4.74 Å². The third-order valence-electron chi connectivity index (χ3n) is 5.68. The minimum atomic E-state index is -2.77. The Morgan fingerprint density at radius 3 is 2.64 bits per heavy atom. The Bertz CT molecular complexity index is 424. The van der Waals surface area contributed by atoms with Gasteiger partial charge < -0.3 is 10.1 Å². The minimum Gasteiger partial charge on any atom is -0.378 e. The molecule has 0 radical (unpaired) electrons. The normalized spacial score (nSPS) is 36.0. The van der Waals surface area contributed by atoms with Crippen LogP contribution >= 0.6 is 0 Å². The first kappa shape index (κ1) is 16.1. The van der Waals surface area contributed by atoms with Crippen LogP contribution in [0.4, 0.5) is 8.78 Å². The van der Waals surface area contributed by atoms with E-state index in [-0.39, 0.29) is 23.5 Å². The lowest BCUT2D eigenvalue weighted by Gasteiger charge is -2.57. The third-order valence-corrected chi connectivity index (χ3v) is 5.68. The predicted molar refractivity (Wildman–Crippen MR) is 78.8 cm³/mol. The fourth-order valence-electron chi connectivity index (χ4n) is 4.44. The average molecular weight is 316 g/mol. The first-order chi connectivity index (χ1) is 10.5. The molecule has 2 aliphatic carbocycles. The van der Waals surface area contributed by atoms with Crippen LogP contribution in [0.25, 0.3) is 0 Å². The van der Waals surface area contributed by atoms with Crippen molar-refractivity contribution in [3.8, 4) is 0 Å². The summed E-state index contributed by atoms with van der Waals surface area (Å²) in [6.45, 7) is 2.28. The molecular formula is C16H26F2N2O2. The Balaban J connectivity index is 1.61. The van der Waals surface area contributed by atoms with E-state index >= 15 is 0 Å². The summed E-state index contributed by atoms with van der Waals surface area (Å²) >= 11 is 0. The summed E-state index contributed by atoms with van der Waals surface area (Å²) in [6, 6.07) is -0.686. The van der Waals surface area contributed by atoms with E-state index in [0.29, 0.717) is 6.61 Å². The van der Waals surface area contributed by atoms with Gasteiger partial charge in [-0.25, -0.2) is 8.78 Å². The summed E-state index contributed by atoms with van der Waals surface area (Å²) < 4.78 is 32.3. The van der Waals surface area contributed by atoms with Crippen LogP contribution in [0.2, 0.25) is 0 Å². The van der Waals surface area contributed by atoms with Crippen molar-refractivity contribution in [1.29, 1.82) is 0 Å². The molecule has 1 heterocycles. The van der Waals surface area contributed by atoms with E-state index < -0.39 is 24.9 Å². The number of amides is 1. The molecule has 2 N–H and O–H groups in total. The van der Waals surface area contributed by atoms with Crippen molar-refractivity contribution in [2.75, 3.05) is 13.2 Å². The summed E-state index contributed by atoms with van der Waals surface area (Å²) in [5, 5.41) is 5.66. The highest BCUT2D eigenvalue weighted by molar-refractivity contribution is 5.82. The number of rotatable bonds is 4. The Hall–Kier alpha value is -0.750. The van der Waals surface area contributed by atoms with E-state index in [1.165, 1.54) is 6.42 Å². The van der Waals surface area contributed by atoms with E-state index in [1.807, 2.05) is 6.92 Å². The zero-order valence-corrected chi connectivity index (χ0v) is 13.2. The number of hydrogen-bond donors (Lipinski definition) is 2. The fraction of sp³-hybridized carbons (Fsp3) is 0.938. The fourth-order valence-corrected chi connectivity index (χ4v) is 4.44. The molecule has 1 spiro atoms. The van der Waals surface area contributed by atoms with Crippen molar-refractivity contribution in [2.24, 2.45) is 5.41 Å². The molecule has 1 amide bonds. The first-order valence-electron chi connectivity index (χ1n) is 8.50. The summed E-state index contributed by atoms with van der Waals surface area (Å²) in [5.74, 6) is -3.04. The minimum absolute atomic E-state index is 0.0328. The van der Waals surface area contributed by atoms with Crippen LogP contribution in [0.3, 0.4) is 0 Å². The quantitative estimate of drug-likeness (QED) is 0.836. The van der Waals surface area contributed by atoms with Crippen LogP contribution in [0.5, 0.6) is 0 Å². The molecular weight excluding hydrogens is 290 g/mol. The summed E-state index contributed by atoms with van der Waals surface area (Å²) in [4.78, 5) is 12.3. The second kappa shape index (κ2) is 6.04. The van der Waals surface area contributed by atoms with Crippen molar-refractivity contribution >= 4 is 5.91 Å². The molecule has 126 valence electrons. The Labute approximate surface area is 130 Å². The second-order valence-corrected chi connectivity index (χ2v) is 7.03. The maximum Gasteiger partial charge on any atom is 0.262 e. The van der Waals surface area contributed by atoms with Crippen LogP contribution in [-0.2, 0) is 9.53 Å². The van der Waals surface area contributed by atoms with Crippen LogP contribution < -0.4 is 10.6 Å². The largest absolute Gasteiger partial charge is 0.378 e. The molecule has 0 aromatic carbocycles. The molecule has 2 saturated carbocycles. The monoisotopic (exact) mass is 316 g/mol.